The molecule has 3 aromatic rings. The third kappa shape index (κ3) is 4.32. The summed E-state index contributed by atoms with van der Waals surface area (Å²) in [7, 11) is 0. The number of carbonyl (C=O) groups excluding carboxylic acids is 2. The number of hydrogen-bond donors (Lipinski definition) is 1. The Morgan fingerprint density at radius 2 is 1.88 bits per heavy atom. The van der Waals surface area contributed by atoms with Crippen LogP contribution < -0.4 is 10.2 Å². The van der Waals surface area contributed by atoms with E-state index in [0.717, 1.165) is 11.8 Å². The highest BCUT2D eigenvalue weighted by atomic mass is 32.2. The first-order valence-corrected chi connectivity index (χ1v) is 10.5. The number of carbonyl (C=O) groups is 2. The number of nitro benzene ring substituents is 1. The molecule has 1 fully saturated rings. The van der Waals surface area contributed by atoms with E-state index in [1.807, 2.05) is 0 Å². The van der Waals surface area contributed by atoms with E-state index in [0.29, 0.717) is 37.7 Å². The summed E-state index contributed by atoms with van der Waals surface area (Å²) in [5, 5.41) is 13.9. The van der Waals surface area contributed by atoms with Gasteiger partial charge in [-0.3, -0.25) is 24.6 Å². The minimum atomic E-state index is -0.472. The molecule has 160 valence electrons. The molecule has 32 heavy (non-hydrogen) atoms. The fraction of sp³-hybridized carbons (Fsp3) is 0.0455. The molecule has 0 saturated carbocycles. The van der Waals surface area contributed by atoms with Crippen molar-refractivity contribution in [2.45, 2.75) is 6.92 Å². The quantitative estimate of drug-likeness (QED) is 0.238. The Morgan fingerprint density at radius 3 is 2.56 bits per heavy atom. The molecule has 0 aliphatic carbocycles. The Balaban J connectivity index is 1.58. The number of rotatable bonds is 5. The van der Waals surface area contributed by atoms with Crippen molar-refractivity contribution in [2.75, 3.05) is 10.2 Å². The van der Waals surface area contributed by atoms with E-state index in [2.05, 4.69) is 5.32 Å². The smallest absolute Gasteiger partial charge is 0.280 e. The van der Waals surface area contributed by atoms with Crippen molar-refractivity contribution in [1.29, 1.82) is 0 Å². The second-order valence-corrected chi connectivity index (χ2v) is 8.40. The molecule has 2 amide bonds. The predicted octanol–water partition coefficient (Wildman–Crippen LogP) is 5.22. The highest BCUT2D eigenvalue weighted by Gasteiger charge is 2.33. The Kier molecular flexibility index (Phi) is 5.89. The summed E-state index contributed by atoms with van der Waals surface area (Å²) in [4.78, 5) is 36.7. The van der Waals surface area contributed by atoms with E-state index < -0.39 is 4.92 Å². The van der Waals surface area contributed by atoms with Crippen molar-refractivity contribution in [3.05, 3.63) is 81.4 Å². The predicted molar refractivity (Wildman–Crippen MR) is 127 cm³/mol. The van der Waals surface area contributed by atoms with Gasteiger partial charge in [0.15, 0.2) is 4.32 Å². The summed E-state index contributed by atoms with van der Waals surface area (Å²) >= 11 is 6.51. The number of amides is 2. The van der Waals surface area contributed by atoms with Gasteiger partial charge in [-0.15, -0.1) is 0 Å². The Bertz CT molecular complexity index is 1280. The van der Waals surface area contributed by atoms with Crippen molar-refractivity contribution in [2.24, 2.45) is 0 Å². The maximum Gasteiger partial charge on any atom is 0.280 e. The summed E-state index contributed by atoms with van der Waals surface area (Å²) in [5.74, 6) is 0.202. The third-order valence-electron chi connectivity index (χ3n) is 4.51. The maximum absolute atomic E-state index is 13.0. The molecule has 2 aromatic carbocycles. The zero-order valence-electron chi connectivity index (χ0n) is 16.6. The van der Waals surface area contributed by atoms with Gasteiger partial charge in [-0.2, -0.15) is 0 Å². The molecule has 4 rings (SSSR count). The summed E-state index contributed by atoms with van der Waals surface area (Å²) in [6.07, 6.45) is 1.56. The minimum absolute atomic E-state index is 0.0672. The fourth-order valence-corrected chi connectivity index (χ4v) is 4.41. The van der Waals surface area contributed by atoms with Gasteiger partial charge in [0, 0.05) is 24.8 Å². The molecule has 0 spiro atoms. The number of anilines is 2. The molecular weight excluding hydrogens is 450 g/mol. The number of hydrogen-bond acceptors (Lipinski definition) is 7. The molecule has 8 nitrogen and oxygen atoms in total. The van der Waals surface area contributed by atoms with Crippen LogP contribution in [0.15, 0.2) is 70.0 Å². The molecule has 1 saturated heterocycles. The molecule has 0 unspecified atom stereocenters. The molecule has 0 radical (unpaired) electrons. The van der Waals surface area contributed by atoms with Crippen LogP contribution in [0.5, 0.6) is 0 Å². The zero-order valence-corrected chi connectivity index (χ0v) is 18.2. The molecule has 10 heteroatoms. The molecule has 1 aliphatic rings. The summed E-state index contributed by atoms with van der Waals surface area (Å²) < 4.78 is 6.11. The van der Waals surface area contributed by atoms with Gasteiger partial charge in [-0.25, -0.2) is 0 Å². The SMILES string of the molecule is CC(=O)Nc1ccc(N2C(=O)/C(=C\c3ccc(-c4ccccc4[N+](=O)[O-])o3)SC2=S)cc1. The van der Waals surface area contributed by atoms with Gasteiger partial charge in [0.25, 0.3) is 11.6 Å². The van der Waals surface area contributed by atoms with Gasteiger partial charge in [-0.05, 0) is 42.5 Å². The first-order valence-electron chi connectivity index (χ1n) is 9.33. The molecule has 0 atom stereocenters. The van der Waals surface area contributed by atoms with Crippen LogP contribution in [0.25, 0.3) is 17.4 Å². The molecule has 1 aliphatic heterocycles. The van der Waals surface area contributed by atoms with E-state index in [9.17, 15) is 19.7 Å². The van der Waals surface area contributed by atoms with E-state index in [1.165, 1.54) is 17.9 Å². The lowest BCUT2D eigenvalue weighted by molar-refractivity contribution is -0.384. The largest absolute Gasteiger partial charge is 0.456 e. The van der Waals surface area contributed by atoms with Crippen LogP contribution in [-0.4, -0.2) is 21.1 Å². The first kappa shape index (κ1) is 21.5. The average Bonchev–Trinajstić information content (AvgIpc) is 3.33. The second-order valence-electron chi connectivity index (χ2n) is 6.72. The minimum Gasteiger partial charge on any atom is -0.456 e. The van der Waals surface area contributed by atoms with Crippen LogP contribution in [0, 0.1) is 10.1 Å². The molecule has 1 N–H and O–H groups in total. The van der Waals surface area contributed by atoms with Crippen LogP contribution in [0.1, 0.15) is 12.7 Å². The Morgan fingerprint density at radius 1 is 1.16 bits per heavy atom. The first-order chi connectivity index (χ1) is 15.3. The van der Waals surface area contributed by atoms with E-state index in [-0.39, 0.29) is 17.5 Å². The number of thioether (sulfide) groups is 1. The lowest BCUT2D eigenvalue weighted by Crippen LogP contribution is -2.27. The summed E-state index contributed by atoms with van der Waals surface area (Å²) in [5.41, 5.74) is 1.47. The van der Waals surface area contributed by atoms with Crippen LogP contribution in [-0.2, 0) is 9.59 Å². The van der Waals surface area contributed by atoms with Gasteiger partial charge >= 0.3 is 0 Å². The van der Waals surface area contributed by atoms with Crippen molar-refractivity contribution in [3.63, 3.8) is 0 Å². The van der Waals surface area contributed by atoms with E-state index in [1.54, 1.807) is 60.7 Å². The number of nitrogens with zero attached hydrogens (tertiary/aromatic N) is 2. The highest BCUT2D eigenvalue weighted by molar-refractivity contribution is 8.27. The normalized spacial score (nSPS) is 14.8. The molecular formula is C22H15N3O5S2. The molecule has 0 bridgehead atoms. The Labute approximate surface area is 192 Å². The topological polar surface area (TPSA) is 106 Å². The van der Waals surface area contributed by atoms with Crippen LogP contribution >= 0.6 is 24.0 Å². The lowest BCUT2D eigenvalue weighted by atomic mass is 10.1. The van der Waals surface area contributed by atoms with Crippen molar-refractivity contribution in [1.82, 2.24) is 0 Å². The van der Waals surface area contributed by atoms with Crippen LogP contribution in [0.4, 0.5) is 17.1 Å². The third-order valence-corrected chi connectivity index (χ3v) is 5.81. The number of furan rings is 1. The van der Waals surface area contributed by atoms with Gasteiger partial charge in [0.05, 0.1) is 21.1 Å². The van der Waals surface area contributed by atoms with E-state index >= 15 is 0 Å². The number of benzene rings is 2. The second kappa shape index (κ2) is 8.77. The maximum atomic E-state index is 13.0. The highest BCUT2D eigenvalue weighted by Crippen LogP contribution is 2.37. The van der Waals surface area contributed by atoms with Gasteiger partial charge in [0.2, 0.25) is 5.91 Å². The monoisotopic (exact) mass is 465 g/mol. The van der Waals surface area contributed by atoms with Crippen LogP contribution in [0.2, 0.25) is 0 Å². The van der Waals surface area contributed by atoms with Gasteiger partial charge in [0.1, 0.15) is 11.5 Å². The summed E-state index contributed by atoms with van der Waals surface area (Å²) in [6, 6.07) is 16.3. The number of thiocarbonyl (C=S) groups is 1. The van der Waals surface area contributed by atoms with Gasteiger partial charge < -0.3 is 9.73 Å². The Hall–Kier alpha value is -3.76. The molecule has 1 aromatic heterocycles. The summed E-state index contributed by atoms with van der Waals surface area (Å²) in [6.45, 7) is 1.41. The van der Waals surface area contributed by atoms with Crippen molar-refractivity contribution in [3.8, 4) is 11.3 Å². The van der Waals surface area contributed by atoms with Crippen molar-refractivity contribution >= 4 is 63.3 Å². The van der Waals surface area contributed by atoms with E-state index in [4.69, 9.17) is 16.6 Å². The van der Waals surface area contributed by atoms with Crippen molar-refractivity contribution < 1.29 is 18.9 Å². The fourth-order valence-electron chi connectivity index (χ4n) is 3.13. The number of nitro groups is 1. The standard InChI is InChI=1S/C22H15N3O5S2/c1-13(26)23-14-6-8-15(9-7-14)24-21(27)20(32-22(24)31)12-16-10-11-19(30-16)17-4-2-3-5-18(17)25(28)29/h2-12H,1H3,(H,23,26)/b20-12+. The lowest BCUT2D eigenvalue weighted by Gasteiger charge is -2.15. The number of para-hydroxylation sites is 1. The van der Waals surface area contributed by atoms with Gasteiger partial charge in [-0.1, -0.05) is 36.1 Å². The van der Waals surface area contributed by atoms with Crippen LogP contribution in [0.3, 0.4) is 0 Å². The average molecular weight is 466 g/mol. The molecule has 2 heterocycles. The zero-order chi connectivity index (χ0) is 22.8. The number of nitrogens with one attached hydrogen (secondary N) is 1.